The number of hydrogen-bond donors (Lipinski definition) is 0. The Bertz CT molecular complexity index is 323. The van der Waals surface area contributed by atoms with Crippen molar-refractivity contribution in [2.75, 3.05) is 0 Å². The SMILES string of the molecule is C#CC(C)(C)c1ccncc1Cl. The number of terminal acetylenes is 1. The lowest BCUT2D eigenvalue weighted by atomic mass is 9.86. The molecular formula is C10H10ClN. The van der Waals surface area contributed by atoms with Gasteiger partial charge in [-0.15, -0.1) is 6.42 Å². The molecule has 62 valence electrons. The Labute approximate surface area is 77.8 Å². The van der Waals surface area contributed by atoms with Gasteiger partial charge in [0.05, 0.1) is 10.4 Å². The molecule has 0 aliphatic heterocycles. The van der Waals surface area contributed by atoms with Crippen LogP contribution in [0, 0.1) is 12.3 Å². The molecule has 1 aromatic heterocycles. The fourth-order valence-corrected chi connectivity index (χ4v) is 1.32. The standard InChI is InChI=1S/C10H10ClN/c1-4-10(2,3)8-5-6-12-7-9(8)11/h1,5-7H,2-3H3. The van der Waals surface area contributed by atoms with E-state index in [1.807, 2.05) is 19.9 Å². The minimum absolute atomic E-state index is 0.319. The van der Waals surface area contributed by atoms with Crippen LogP contribution in [0.4, 0.5) is 0 Å². The normalized spacial score (nSPS) is 10.8. The third-order valence-electron chi connectivity index (χ3n) is 1.81. The minimum Gasteiger partial charge on any atom is -0.263 e. The van der Waals surface area contributed by atoms with E-state index in [0.717, 1.165) is 5.56 Å². The van der Waals surface area contributed by atoms with Crippen molar-refractivity contribution < 1.29 is 0 Å². The lowest BCUT2D eigenvalue weighted by Gasteiger charge is -2.18. The van der Waals surface area contributed by atoms with Gasteiger partial charge in [-0.05, 0) is 25.5 Å². The van der Waals surface area contributed by atoms with Crippen LogP contribution in [0.1, 0.15) is 19.4 Å². The molecule has 0 spiro atoms. The van der Waals surface area contributed by atoms with E-state index in [9.17, 15) is 0 Å². The molecule has 0 amide bonds. The number of halogens is 1. The summed E-state index contributed by atoms with van der Waals surface area (Å²) in [7, 11) is 0. The van der Waals surface area contributed by atoms with E-state index in [-0.39, 0.29) is 5.41 Å². The minimum atomic E-state index is -0.319. The van der Waals surface area contributed by atoms with Crippen LogP contribution in [0.3, 0.4) is 0 Å². The average Bonchev–Trinajstić information content (AvgIpc) is 2.05. The van der Waals surface area contributed by atoms with Gasteiger partial charge in [0.25, 0.3) is 0 Å². The highest BCUT2D eigenvalue weighted by atomic mass is 35.5. The molecule has 1 nitrogen and oxygen atoms in total. The first-order chi connectivity index (χ1) is 5.58. The molecule has 0 aliphatic carbocycles. The maximum absolute atomic E-state index is 5.93. The first-order valence-corrected chi connectivity index (χ1v) is 4.03. The maximum atomic E-state index is 5.93. The summed E-state index contributed by atoms with van der Waals surface area (Å²) in [6.45, 7) is 3.91. The van der Waals surface area contributed by atoms with Crippen molar-refractivity contribution in [3.63, 3.8) is 0 Å². The Morgan fingerprint density at radius 3 is 2.75 bits per heavy atom. The fourth-order valence-electron chi connectivity index (χ4n) is 0.960. The summed E-state index contributed by atoms with van der Waals surface area (Å²) in [5.41, 5.74) is 0.627. The van der Waals surface area contributed by atoms with E-state index in [0.29, 0.717) is 5.02 Å². The van der Waals surface area contributed by atoms with Crippen LogP contribution in [0.2, 0.25) is 5.02 Å². The van der Waals surface area contributed by atoms with E-state index in [2.05, 4.69) is 10.9 Å². The summed E-state index contributed by atoms with van der Waals surface area (Å²) in [6, 6.07) is 1.85. The molecule has 1 heterocycles. The Balaban J connectivity index is 3.22. The summed E-state index contributed by atoms with van der Waals surface area (Å²) in [6.07, 6.45) is 8.68. The van der Waals surface area contributed by atoms with Crippen molar-refractivity contribution in [2.24, 2.45) is 0 Å². The molecule has 0 aromatic carbocycles. The summed E-state index contributed by atoms with van der Waals surface area (Å²) in [5, 5.41) is 0.625. The van der Waals surface area contributed by atoms with Crippen molar-refractivity contribution in [1.29, 1.82) is 0 Å². The molecule has 0 fully saturated rings. The van der Waals surface area contributed by atoms with Crippen molar-refractivity contribution in [3.8, 4) is 12.3 Å². The first kappa shape index (κ1) is 9.09. The maximum Gasteiger partial charge on any atom is 0.0636 e. The van der Waals surface area contributed by atoms with E-state index < -0.39 is 0 Å². The Morgan fingerprint density at radius 2 is 2.25 bits per heavy atom. The van der Waals surface area contributed by atoms with Gasteiger partial charge < -0.3 is 0 Å². The molecule has 2 heteroatoms. The van der Waals surface area contributed by atoms with Crippen molar-refractivity contribution in [1.82, 2.24) is 4.98 Å². The van der Waals surface area contributed by atoms with Gasteiger partial charge >= 0.3 is 0 Å². The highest BCUT2D eigenvalue weighted by Crippen LogP contribution is 2.27. The number of rotatable bonds is 1. The van der Waals surface area contributed by atoms with Crippen LogP contribution in [0.15, 0.2) is 18.5 Å². The van der Waals surface area contributed by atoms with E-state index in [1.165, 1.54) is 0 Å². The third kappa shape index (κ3) is 1.60. The molecule has 0 atom stereocenters. The zero-order valence-corrected chi connectivity index (χ0v) is 7.89. The van der Waals surface area contributed by atoms with E-state index >= 15 is 0 Å². The second-order valence-electron chi connectivity index (χ2n) is 3.12. The van der Waals surface area contributed by atoms with Gasteiger partial charge in [0.2, 0.25) is 0 Å². The number of pyridine rings is 1. The number of hydrogen-bond acceptors (Lipinski definition) is 1. The number of nitrogens with zero attached hydrogens (tertiary/aromatic N) is 1. The van der Waals surface area contributed by atoms with Gasteiger partial charge in [-0.3, -0.25) is 4.98 Å². The molecule has 0 bridgehead atoms. The average molecular weight is 180 g/mol. The molecule has 0 N–H and O–H groups in total. The molecule has 12 heavy (non-hydrogen) atoms. The van der Waals surface area contributed by atoms with Gasteiger partial charge in [0.15, 0.2) is 0 Å². The lowest BCUT2D eigenvalue weighted by molar-refractivity contribution is 0.698. The smallest absolute Gasteiger partial charge is 0.0636 e. The highest BCUT2D eigenvalue weighted by molar-refractivity contribution is 6.31. The lowest BCUT2D eigenvalue weighted by Crippen LogP contribution is -2.14. The highest BCUT2D eigenvalue weighted by Gasteiger charge is 2.19. The Morgan fingerprint density at radius 1 is 1.58 bits per heavy atom. The van der Waals surface area contributed by atoms with Gasteiger partial charge in [-0.2, -0.15) is 0 Å². The van der Waals surface area contributed by atoms with E-state index in [1.54, 1.807) is 12.4 Å². The molecule has 0 saturated carbocycles. The Kier molecular flexibility index (Phi) is 2.40. The fraction of sp³-hybridized carbons (Fsp3) is 0.300. The van der Waals surface area contributed by atoms with Crippen LogP contribution in [0.25, 0.3) is 0 Å². The second kappa shape index (κ2) is 3.16. The molecule has 0 aliphatic rings. The third-order valence-corrected chi connectivity index (χ3v) is 2.11. The van der Waals surface area contributed by atoms with Crippen molar-refractivity contribution >= 4 is 11.6 Å². The zero-order valence-electron chi connectivity index (χ0n) is 7.13. The van der Waals surface area contributed by atoms with Crippen LogP contribution < -0.4 is 0 Å². The van der Waals surface area contributed by atoms with Crippen LogP contribution in [-0.2, 0) is 5.41 Å². The van der Waals surface area contributed by atoms with Crippen molar-refractivity contribution in [2.45, 2.75) is 19.3 Å². The quantitative estimate of drug-likeness (QED) is 0.604. The van der Waals surface area contributed by atoms with Crippen LogP contribution in [-0.4, -0.2) is 4.98 Å². The van der Waals surface area contributed by atoms with Crippen LogP contribution in [0.5, 0.6) is 0 Å². The first-order valence-electron chi connectivity index (χ1n) is 3.65. The predicted molar refractivity (Wildman–Crippen MR) is 51.1 cm³/mol. The largest absolute Gasteiger partial charge is 0.263 e. The summed E-state index contributed by atoms with van der Waals surface area (Å²) in [5.74, 6) is 2.69. The monoisotopic (exact) mass is 179 g/mol. The topological polar surface area (TPSA) is 12.9 Å². The van der Waals surface area contributed by atoms with Crippen molar-refractivity contribution in [3.05, 3.63) is 29.0 Å². The van der Waals surface area contributed by atoms with Gasteiger partial charge in [0, 0.05) is 12.4 Å². The second-order valence-corrected chi connectivity index (χ2v) is 3.53. The predicted octanol–water partition coefficient (Wildman–Crippen LogP) is 2.65. The van der Waals surface area contributed by atoms with Gasteiger partial charge in [-0.1, -0.05) is 17.5 Å². The summed E-state index contributed by atoms with van der Waals surface area (Å²) >= 11 is 5.93. The van der Waals surface area contributed by atoms with Gasteiger partial charge in [0.1, 0.15) is 0 Å². The molecular weight excluding hydrogens is 170 g/mol. The van der Waals surface area contributed by atoms with Gasteiger partial charge in [-0.25, -0.2) is 0 Å². The molecule has 0 unspecified atom stereocenters. The molecule has 1 rings (SSSR count). The molecule has 1 aromatic rings. The summed E-state index contributed by atoms with van der Waals surface area (Å²) in [4.78, 5) is 3.89. The van der Waals surface area contributed by atoms with E-state index in [4.69, 9.17) is 18.0 Å². The zero-order chi connectivity index (χ0) is 9.19. The van der Waals surface area contributed by atoms with Crippen LogP contribution >= 0.6 is 11.6 Å². The Hall–Kier alpha value is -1.00. The molecule has 0 saturated heterocycles. The molecule has 0 radical (unpaired) electrons. The number of aromatic nitrogens is 1. The summed E-state index contributed by atoms with van der Waals surface area (Å²) < 4.78 is 0.